The van der Waals surface area contributed by atoms with E-state index in [1.165, 1.54) is 8.47 Å². The molecule has 0 unspecified atom stereocenters. The molecule has 0 saturated carbocycles. The van der Waals surface area contributed by atoms with Gasteiger partial charge in [0.25, 0.3) is 0 Å². The third-order valence-corrected chi connectivity index (χ3v) is 3.35. The summed E-state index contributed by atoms with van der Waals surface area (Å²) in [7, 11) is 0. The number of halogens is 1. The molecule has 15 heavy (non-hydrogen) atoms. The highest BCUT2D eigenvalue weighted by atomic mass is 127. The highest BCUT2D eigenvalue weighted by Gasteiger charge is 1.96. The first kappa shape index (κ1) is 11.0. The molecule has 0 amide bonds. The molecular formula is C11H10INOS. The molecule has 0 atom stereocenters. The molecular weight excluding hydrogens is 321 g/mol. The Morgan fingerprint density at radius 1 is 1.20 bits per heavy atom. The fraction of sp³-hybridized carbons (Fsp3) is 0.0909. The summed E-state index contributed by atoms with van der Waals surface area (Å²) in [4.78, 5) is 1.21. The summed E-state index contributed by atoms with van der Waals surface area (Å²) in [5.41, 5.74) is 0. The summed E-state index contributed by atoms with van der Waals surface area (Å²) in [5.74, 6) is 0.952. The Morgan fingerprint density at radius 2 is 2.00 bits per heavy atom. The van der Waals surface area contributed by atoms with Gasteiger partial charge in [-0.3, -0.25) is 4.72 Å². The maximum absolute atomic E-state index is 5.21. The maximum Gasteiger partial charge on any atom is 0.118 e. The van der Waals surface area contributed by atoms with E-state index in [-0.39, 0.29) is 0 Å². The molecule has 1 heterocycles. The lowest BCUT2D eigenvalue weighted by molar-refractivity contribution is 0.507. The quantitative estimate of drug-likeness (QED) is 0.683. The van der Waals surface area contributed by atoms with Crippen LogP contribution in [0.3, 0.4) is 0 Å². The Balaban J connectivity index is 1.81. The van der Waals surface area contributed by atoms with Crippen LogP contribution in [0.1, 0.15) is 5.76 Å². The third-order valence-electron chi connectivity index (χ3n) is 1.83. The molecule has 0 bridgehead atoms. The molecule has 0 saturated heterocycles. The molecule has 2 rings (SSSR count). The minimum atomic E-state index is 0.740. The zero-order valence-electron chi connectivity index (χ0n) is 7.94. The maximum atomic E-state index is 5.21. The Hall–Kier alpha value is -0.460. The first-order valence-corrected chi connectivity index (χ1v) is 6.42. The second-order valence-electron chi connectivity index (χ2n) is 2.96. The van der Waals surface area contributed by atoms with Gasteiger partial charge in [0.1, 0.15) is 5.76 Å². The molecule has 1 aromatic heterocycles. The average Bonchev–Trinajstić information content (AvgIpc) is 2.74. The fourth-order valence-corrected chi connectivity index (χ4v) is 2.12. The van der Waals surface area contributed by atoms with Gasteiger partial charge in [0.2, 0.25) is 0 Å². The van der Waals surface area contributed by atoms with Crippen molar-refractivity contribution in [2.24, 2.45) is 0 Å². The number of rotatable bonds is 4. The minimum absolute atomic E-state index is 0.740. The van der Waals surface area contributed by atoms with E-state index >= 15 is 0 Å². The van der Waals surface area contributed by atoms with E-state index in [0.29, 0.717) is 0 Å². The number of hydrogen-bond acceptors (Lipinski definition) is 3. The molecule has 0 aliphatic rings. The molecule has 0 spiro atoms. The largest absolute Gasteiger partial charge is 0.468 e. The Kier molecular flexibility index (Phi) is 4.10. The zero-order valence-corrected chi connectivity index (χ0v) is 10.9. The topological polar surface area (TPSA) is 25.2 Å². The molecule has 1 N–H and O–H groups in total. The summed E-state index contributed by atoms with van der Waals surface area (Å²) in [6, 6.07) is 12.2. The predicted molar refractivity (Wildman–Crippen MR) is 70.6 cm³/mol. The van der Waals surface area contributed by atoms with Crippen molar-refractivity contribution in [3.05, 3.63) is 52.0 Å². The van der Waals surface area contributed by atoms with Crippen LogP contribution in [0, 0.1) is 3.57 Å². The van der Waals surface area contributed by atoms with Gasteiger partial charge in [0, 0.05) is 8.47 Å². The van der Waals surface area contributed by atoms with Crippen molar-refractivity contribution in [2.75, 3.05) is 0 Å². The summed E-state index contributed by atoms with van der Waals surface area (Å²) >= 11 is 3.91. The van der Waals surface area contributed by atoms with E-state index in [0.717, 1.165) is 12.3 Å². The van der Waals surface area contributed by atoms with Crippen molar-refractivity contribution < 1.29 is 4.42 Å². The van der Waals surface area contributed by atoms with Crippen molar-refractivity contribution in [1.82, 2.24) is 4.72 Å². The zero-order chi connectivity index (χ0) is 10.5. The smallest absolute Gasteiger partial charge is 0.118 e. The lowest BCUT2D eigenvalue weighted by Gasteiger charge is -2.01. The number of furan rings is 1. The van der Waals surface area contributed by atoms with Crippen LogP contribution in [0.5, 0.6) is 0 Å². The van der Waals surface area contributed by atoms with Crippen LogP contribution in [-0.2, 0) is 6.54 Å². The third kappa shape index (κ3) is 3.55. The van der Waals surface area contributed by atoms with Crippen LogP contribution in [-0.4, -0.2) is 0 Å². The molecule has 0 aliphatic carbocycles. The lowest BCUT2D eigenvalue weighted by Crippen LogP contribution is -2.01. The second kappa shape index (κ2) is 5.58. The molecule has 0 fully saturated rings. The van der Waals surface area contributed by atoms with E-state index in [4.69, 9.17) is 4.42 Å². The van der Waals surface area contributed by atoms with E-state index in [1.54, 1.807) is 18.2 Å². The number of benzene rings is 1. The molecule has 4 heteroatoms. The van der Waals surface area contributed by atoms with Gasteiger partial charge >= 0.3 is 0 Å². The van der Waals surface area contributed by atoms with E-state index in [1.807, 2.05) is 12.1 Å². The van der Waals surface area contributed by atoms with Crippen LogP contribution in [0.15, 0.2) is 52.0 Å². The Bertz CT molecular complexity index is 399. The standard InChI is InChI=1S/C11H10INOS/c12-9-3-5-11(6-4-9)15-13-8-10-2-1-7-14-10/h1-7,13H,8H2. The predicted octanol–water partition coefficient (Wildman–Crippen LogP) is 3.68. The number of hydrogen-bond donors (Lipinski definition) is 1. The highest BCUT2D eigenvalue weighted by molar-refractivity contribution is 14.1. The van der Waals surface area contributed by atoms with Gasteiger partial charge in [0.05, 0.1) is 12.8 Å². The van der Waals surface area contributed by atoms with Crippen LogP contribution in [0.2, 0.25) is 0 Å². The van der Waals surface area contributed by atoms with Gasteiger partial charge in [-0.05, 0) is 70.9 Å². The van der Waals surface area contributed by atoms with Crippen LogP contribution < -0.4 is 4.72 Å². The summed E-state index contributed by atoms with van der Waals surface area (Å²) < 4.78 is 9.71. The Morgan fingerprint density at radius 3 is 2.67 bits per heavy atom. The van der Waals surface area contributed by atoms with Gasteiger partial charge in [-0.15, -0.1) is 0 Å². The number of nitrogens with one attached hydrogen (secondary N) is 1. The molecule has 1 aromatic carbocycles. The van der Waals surface area contributed by atoms with Crippen molar-refractivity contribution in [2.45, 2.75) is 11.4 Å². The fourth-order valence-electron chi connectivity index (χ4n) is 1.11. The van der Waals surface area contributed by atoms with Crippen LogP contribution >= 0.6 is 34.5 Å². The minimum Gasteiger partial charge on any atom is -0.468 e. The lowest BCUT2D eigenvalue weighted by atomic mass is 10.4. The summed E-state index contributed by atoms with van der Waals surface area (Å²) in [5, 5.41) is 0. The van der Waals surface area contributed by atoms with Gasteiger partial charge in [-0.25, -0.2) is 0 Å². The molecule has 2 aromatic rings. The summed E-state index contributed by atoms with van der Waals surface area (Å²) in [6.07, 6.45) is 1.69. The van der Waals surface area contributed by atoms with Crippen molar-refractivity contribution in [3.8, 4) is 0 Å². The molecule has 0 aliphatic heterocycles. The van der Waals surface area contributed by atoms with Gasteiger partial charge in [-0.1, -0.05) is 0 Å². The molecule has 0 radical (unpaired) electrons. The highest BCUT2D eigenvalue weighted by Crippen LogP contribution is 2.16. The second-order valence-corrected chi connectivity index (χ2v) is 5.17. The summed E-state index contributed by atoms with van der Waals surface area (Å²) in [6.45, 7) is 0.740. The van der Waals surface area contributed by atoms with E-state index in [9.17, 15) is 0 Å². The first-order valence-electron chi connectivity index (χ1n) is 4.52. The SMILES string of the molecule is Ic1ccc(SNCc2ccco2)cc1. The Labute approximate surface area is 107 Å². The van der Waals surface area contributed by atoms with E-state index < -0.39 is 0 Å². The normalized spacial score (nSPS) is 10.5. The monoisotopic (exact) mass is 331 g/mol. The average molecular weight is 331 g/mol. The van der Waals surface area contributed by atoms with Crippen molar-refractivity contribution in [3.63, 3.8) is 0 Å². The molecule has 2 nitrogen and oxygen atoms in total. The van der Waals surface area contributed by atoms with Crippen molar-refractivity contribution in [1.29, 1.82) is 0 Å². The van der Waals surface area contributed by atoms with E-state index in [2.05, 4.69) is 51.6 Å². The van der Waals surface area contributed by atoms with Gasteiger partial charge in [0.15, 0.2) is 0 Å². The first-order chi connectivity index (χ1) is 7.34. The van der Waals surface area contributed by atoms with Crippen LogP contribution in [0.25, 0.3) is 0 Å². The van der Waals surface area contributed by atoms with Crippen LogP contribution in [0.4, 0.5) is 0 Å². The molecule has 78 valence electrons. The van der Waals surface area contributed by atoms with Gasteiger partial charge in [-0.2, -0.15) is 0 Å². The van der Waals surface area contributed by atoms with Gasteiger partial charge < -0.3 is 4.42 Å². The van der Waals surface area contributed by atoms with Crippen molar-refractivity contribution >= 4 is 34.5 Å².